The average molecular weight is 1220 g/mol. The van der Waals surface area contributed by atoms with Crippen LogP contribution in [0.3, 0.4) is 0 Å². The zero-order valence-corrected chi connectivity index (χ0v) is 46.8. The van der Waals surface area contributed by atoms with E-state index in [0.717, 1.165) is 0 Å². The first-order valence-electron chi connectivity index (χ1n) is 22.2. The molecule has 83 heavy (non-hydrogen) atoms. The van der Waals surface area contributed by atoms with Crippen LogP contribution in [0.1, 0.15) is 54.4 Å². The predicted octanol–water partition coefficient (Wildman–Crippen LogP) is 0.279. The molecule has 0 unspecified atom stereocenters. The van der Waals surface area contributed by atoms with Gasteiger partial charge in [-0.15, -0.1) is 0 Å². The zero-order chi connectivity index (χ0) is 62.9. The summed E-state index contributed by atoms with van der Waals surface area (Å²) >= 11 is 5.69. The minimum atomic E-state index is -4.64. The Labute approximate surface area is 487 Å². The van der Waals surface area contributed by atoms with Gasteiger partial charge in [0.25, 0.3) is 6.47 Å². The van der Waals surface area contributed by atoms with Gasteiger partial charge in [0, 0.05) is 37.8 Å². The number of carboxylic acid groups (broad SMARTS) is 3. The fourth-order valence-corrected chi connectivity index (χ4v) is 5.67. The number of nitro benzene ring substituents is 3. The maximum atomic E-state index is 11.8. The number of halogens is 4. The summed E-state index contributed by atoms with van der Waals surface area (Å²) < 4.78 is 54.7. The molecule has 0 saturated carbocycles. The molecule has 0 bridgehead atoms. The number of hydrogen-bond donors (Lipinski definition) is 7. The molecule has 448 valence electrons. The van der Waals surface area contributed by atoms with E-state index in [4.69, 9.17) is 57.6 Å². The van der Waals surface area contributed by atoms with Crippen molar-refractivity contribution in [2.75, 3.05) is 30.3 Å². The standard InChI is InChI=1S/C15H18N4O7.C9H9N5O5.C9H17NO4.C6H2ClN3O3.C2HF3O.CH2O3.Na/c1-15(2,3)25-11(20)6-8(14(21)22)7-16-9-4-5-10(19(23)24)13-12(9)17-26-18-13;10-4(9(15)16)3-11-5-1-2-6(14(17)18)8-7(5)12-19-13-8;1-9(2,3)14-7(11)4-6(5-10)8(12)13;7-3-1-2-4(10(11)12)6-5(3)8-13-9-6;3-2(4,5)1-6;2-1-4-3;/h4-5,8,16H,6-7H2,1-3H3,(H,21,22);1-2,4,11H,3,10H2,(H,15,16);6H,4-5,10H2,1-3H3,(H,12,13);1-2H;1H;1,3H;/q;;;;;;+1/p-1/t8-;4-;6-;;;;/m000..../s1. The van der Waals surface area contributed by atoms with Crippen molar-refractivity contribution in [2.24, 2.45) is 23.3 Å². The van der Waals surface area contributed by atoms with Gasteiger partial charge in [0.1, 0.15) is 17.2 Å². The fraction of sp³-hybridized carbons (Fsp3) is 0.405. The Morgan fingerprint density at radius 1 is 0.639 bits per heavy atom. The van der Waals surface area contributed by atoms with Gasteiger partial charge in [-0.1, -0.05) is 11.6 Å². The van der Waals surface area contributed by atoms with Gasteiger partial charge in [-0.05, 0) is 90.7 Å². The van der Waals surface area contributed by atoms with E-state index in [0.29, 0.717) is 11.4 Å². The quantitative estimate of drug-likeness (QED) is 0.0152. The van der Waals surface area contributed by atoms with Crippen LogP contribution < -0.4 is 56.9 Å². The number of alkyl halides is 3. The van der Waals surface area contributed by atoms with Gasteiger partial charge in [0.05, 0.1) is 55.8 Å². The number of fused-ring (bicyclic) bond motifs is 3. The SMILES string of the molecule is CC(C)(C)OC(=O)C[C@@H](CN)C(=O)O.CC(C)(C)OC(=O)C[C@@H](CNc1ccc([N+](=O)[O-])c2nonc12)C(=O)O.N[C@@H](CNc1ccc([N+](=O)[O-])c2nonc12)C(=O)O.O=CC(F)(F)F.O=CO[O-].O=[N+]([O-])c1ccc(Cl)c2nonc12.[Na+]. The zero-order valence-electron chi connectivity index (χ0n) is 44.1. The second-order valence-corrected chi connectivity index (χ2v) is 17.8. The predicted molar refractivity (Wildman–Crippen MR) is 264 cm³/mol. The molecule has 0 aliphatic rings. The van der Waals surface area contributed by atoms with Gasteiger partial charge in [-0.3, -0.25) is 63.9 Å². The topological polar surface area (TPSA) is 553 Å². The first-order valence-corrected chi connectivity index (χ1v) is 22.6. The first kappa shape index (κ1) is 74.1. The normalized spacial score (nSPS) is 11.7. The maximum Gasteiger partial charge on any atom is 1.00 e. The molecule has 0 radical (unpaired) electrons. The number of nitrogens with one attached hydrogen (secondary N) is 2. The van der Waals surface area contributed by atoms with Gasteiger partial charge in [0.15, 0.2) is 16.6 Å². The molecule has 0 spiro atoms. The van der Waals surface area contributed by atoms with Crippen LogP contribution in [0.5, 0.6) is 0 Å². The van der Waals surface area contributed by atoms with Crippen LogP contribution in [0.4, 0.5) is 41.6 Å². The second kappa shape index (κ2) is 34.4. The Kier molecular flexibility index (Phi) is 30.7. The van der Waals surface area contributed by atoms with Crippen molar-refractivity contribution >= 4 is 116 Å². The van der Waals surface area contributed by atoms with E-state index < -0.39 is 86.2 Å². The van der Waals surface area contributed by atoms with Crippen molar-refractivity contribution in [1.82, 2.24) is 30.9 Å². The number of carbonyl (C=O) groups is 7. The number of nitrogens with zero attached hydrogens (tertiary/aromatic N) is 9. The third kappa shape index (κ3) is 26.5. The van der Waals surface area contributed by atoms with Crippen molar-refractivity contribution in [3.05, 3.63) is 71.8 Å². The van der Waals surface area contributed by atoms with Gasteiger partial charge in [-0.2, -0.15) is 13.2 Å². The van der Waals surface area contributed by atoms with Crippen LogP contribution in [-0.2, 0) is 47.9 Å². The molecule has 6 aromatic rings. The molecule has 41 heteroatoms. The molecule has 3 aromatic heterocycles. The smallest absolute Gasteiger partial charge is 0.662 e. The largest absolute Gasteiger partial charge is 1.00 e. The number of rotatable bonds is 18. The van der Waals surface area contributed by atoms with E-state index in [2.05, 4.69) is 60.3 Å². The first-order chi connectivity index (χ1) is 38.0. The summed E-state index contributed by atoms with van der Waals surface area (Å²) in [4.78, 5) is 106. The number of non-ortho nitro benzene ring substituents is 3. The van der Waals surface area contributed by atoms with E-state index in [-0.39, 0.29) is 124 Å². The molecule has 0 aliphatic heterocycles. The third-order valence-corrected chi connectivity index (χ3v) is 9.22. The van der Waals surface area contributed by atoms with Crippen molar-refractivity contribution in [3.63, 3.8) is 0 Å². The Balaban J connectivity index is 0.00000105. The van der Waals surface area contributed by atoms with Crippen molar-refractivity contribution in [1.29, 1.82) is 0 Å². The number of aldehydes is 1. The van der Waals surface area contributed by atoms with E-state index in [9.17, 15) is 72.6 Å². The summed E-state index contributed by atoms with van der Waals surface area (Å²) in [5.74, 6) is -6.50. The molecule has 0 amide bonds. The van der Waals surface area contributed by atoms with Gasteiger partial charge in [-0.25, -0.2) is 13.9 Å². The monoisotopic (exact) mass is 1220 g/mol. The molecule has 3 atom stereocenters. The Morgan fingerprint density at radius 3 is 1.28 bits per heavy atom. The van der Waals surface area contributed by atoms with E-state index in [1.807, 2.05) is 0 Å². The number of carbonyl (C=O) groups excluding carboxylic acids is 4. The molecule has 0 saturated heterocycles. The molecule has 3 heterocycles. The van der Waals surface area contributed by atoms with E-state index >= 15 is 0 Å². The summed E-state index contributed by atoms with van der Waals surface area (Å²) in [7, 11) is 0. The van der Waals surface area contributed by atoms with Crippen molar-refractivity contribution in [2.45, 2.75) is 77.8 Å². The summed E-state index contributed by atoms with van der Waals surface area (Å²) in [5.41, 5.74) is 9.64. The van der Waals surface area contributed by atoms with E-state index in [1.54, 1.807) is 41.5 Å². The number of aromatic nitrogens is 6. The van der Waals surface area contributed by atoms with Crippen molar-refractivity contribution < 1.29 is 140 Å². The number of carboxylic acids is 3. The summed E-state index contributed by atoms with van der Waals surface area (Å²) in [6, 6.07) is 6.72. The van der Waals surface area contributed by atoms with E-state index in [1.165, 1.54) is 36.4 Å². The average Bonchev–Trinajstić information content (AvgIpc) is 4.28. The molecule has 6 rings (SSSR count). The summed E-state index contributed by atoms with van der Waals surface area (Å²) in [5, 5.41) is 94.0. The summed E-state index contributed by atoms with van der Waals surface area (Å²) in [6.45, 7) is 9.81. The Bertz CT molecular complexity index is 3190. The van der Waals surface area contributed by atoms with Gasteiger partial charge >= 0.3 is 82.6 Å². The molecule has 3 aromatic carbocycles. The van der Waals surface area contributed by atoms with Crippen LogP contribution in [0.2, 0.25) is 5.02 Å². The van der Waals surface area contributed by atoms with Crippen molar-refractivity contribution in [3.8, 4) is 0 Å². The van der Waals surface area contributed by atoms with Gasteiger partial charge < -0.3 is 57.0 Å². The van der Waals surface area contributed by atoms with Crippen LogP contribution in [-0.4, -0.2) is 147 Å². The number of ether oxygens (including phenoxy) is 2. The number of nitro groups is 3. The number of anilines is 2. The molecule has 9 N–H and O–H groups in total. The second-order valence-electron chi connectivity index (χ2n) is 17.4. The Hall–Kier alpha value is -8.89. The molecule has 0 fully saturated rings. The molecule has 36 nitrogen and oxygen atoms in total. The number of esters is 2. The van der Waals surface area contributed by atoms with Crippen LogP contribution in [0, 0.1) is 42.2 Å². The molecular formula is C42H48ClF3N13NaO23. The third-order valence-electron chi connectivity index (χ3n) is 8.91. The maximum absolute atomic E-state index is 11.8. The molecular weight excluding hydrogens is 1170 g/mol. The van der Waals surface area contributed by atoms with Crippen LogP contribution >= 0.6 is 11.6 Å². The number of aliphatic carboxylic acids is 3. The minimum Gasteiger partial charge on any atom is -0.662 e. The van der Waals surface area contributed by atoms with Crippen LogP contribution in [0.25, 0.3) is 33.1 Å². The number of benzene rings is 3. The molecule has 0 aliphatic carbocycles. The summed E-state index contributed by atoms with van der Waals surface area (Å²) in [6.07, 6.45) is -6.21. The minimum absolute atomic E-state index is 0. The number of nitrogens with two attached hydrogens (primary N) is 2. The van der Waals surface area contributed by atoms with Crippen LogP contribution in [0.15, 0.2) is 50.3 Å². The van der Waals surface area contributed by atoms with Gasteiger partial charge in [0.2, 0.25) is 22.8 Å². The Morgan fingerprint density at radius 2 is 0.964 bits per heavy atom. The fourth-order valence-electron chi connectivity index (χ4n) is 5.48. The number of hydrogen-bond acceptors (Lipinski definition) is 30.